The molecule has 0 aliphatic carbocycles. The first-order chi connectivity index (χ1) is 16.9. The molecule has 0 unspecified atom stereocenters. The number of benzene rings is 2. The molecule has 4 amide bonds. The van der Waals surface area contributed by atoms with Gasteiger partial charge in [-0.15, -0.1) is 0 Å². The van der Waals surface area contributed by atoms with Gasteiger partial charge in [-0.3, -0.25) is 14.5 Å². The van der Waals surface area contributed by atoms with Crippen LogP contribution >= 0.6 is 0 Å². The molecule has 1 aliphatic heterocycles. The van der Waals surface area contributed by atoms with Crippen LogP contribution in [-0.4, -0.2) is 42.4 Å². The Morgan fingerprint density at radius 2 is 1.86 bits per heavy atom. The number of rotatable bonds is 8. The Hall–Kier alpha value is -4.86. The predicted octanol–water partition coefficient (Wildman–Crippen LogP) is 3.18. The van der Waals surface area contributed by atoms with Crippen molar-refractivity contribution in [3.63, 3.8) is 0 Å². The summed E-state index contributed by atoms with van der Waals surface area (Å²) in [6, 6.07) is 18.0. The Balaban J connectivity index is 1.38. The molecule has 3 aromatic rings. The van der Waals surface area contributed by atoms with Crippen LogP contribution < -0.4 is 15.4 Å². The lowest BCUT2D eigenvalue weighted by Gasteiger charge is -2.09. The number of furan rings is 1. The van der Waals surface area contributed by atoms with Gasteiger partial charge in [0, 0.05) is 5.69 Å². The quantitative estimate of drug-likeness (QED) is 0.291. The molecule has 1 aromatic heterocycles. The van der Waals surface area contributed by atoms with E-state index in [-0.39, 0.29) is 36.3 Å². The second kappa shape index (κ2) is 10.4. The van der Waals surface area contributed by atoms with E-state index in [0.717, 1.165) is 4.90 Å². The first-order valence-corrected chi connectivity index (χ1v) is 10.5. The number of anilines is 1. The van der Waals surface area contributed by atoms with E-state index in [0.29, 0.717) is 17.0 Å². The smallest absolute Gasteiger partial charge is 0.373 e. The third-order valence-electron chi connectivity index (χ3n) is 4.92. The number of hydrogen-bond acceptors (Lipinski definition) is 7. The third kappa shape index (κ3) is 5.74. The van der Waals surface area contributed by atoms with Crippen LogP contribution in [0.1, 0.15) is 21.9 Å². The van der Waals surface area contributed by atoms with E-state index in [1.807, 2.05) is 18.2 Å². The highest BCUT2D eigenvalue weighted by molar-refractivity contribution is 6.13. The van der Waals surface area contributed by atoms with Gasteiger partial charge in [0.2, 0.25) is 5.76 Å². The number of para-hydroxylation sites is 1. The molecule has 4 rings (SSSR count). The number of urea groups is 1. The van der Waals surface area contributed by atoms with Crippen LogP contribution in [0.3, 0.4) is 0 Å². The minimum Gasteiger partial charge on any atom is -0.484 e. The Morgan fingerprint density at radius 1 is 1.06 bits per heavy atom. The van der Waals surface area contributed by atoms with Gasteiger partial charge in [0.25, 0.3) is 11.8 Å². The minimum absolute atomic E-state index is 0.0282. The summed E-state index contributed by atoms with van der Waals surface area (Å²) in [5.41, 5.74) is 1.31. The molecular weight excluding hydrogens is 454 g/mol. The van der Waals surface area contributed by atoms with Crippen molar-refractivity contribution in [2.75, 3.05) is 19.0 Å². The zero-order chi connectivity index (χ0) is 24.8. The number of carbonyl (C=O) groups excluding carboxylic acids is 4. The lowest BCUT2D eigenvalue weighted by atomic mass is 10.2. The molecule has 1 fully saturated rings. The fourth-order valence-electron chi connectivity index (χ4n) is 3.27. The number of methoxy groups -OCH3 is 1. The second-order valence-electron chi connectivity index (χ2n) is 7.41. The van der Waals surface area contributed by atoms with E-state index in [1.165, 1.54) is 25.3 Å². The maximum atomic E-state index is 12.8. The number of hydrogen-bond donors (Lipinski definition) is 2. The number of ether oxygens (including phenoxy) is 2. The van der Waals surface area contributed by atoms with Crippen molar-refractivity contribution in [3.8, 4) is 5.75 Å². The van der Waals surface area contributed by atoms with Gasteiger partial charge in [0.1, 0.15) is 17.2 Å². The molecule has 35 heavy (non-hydrogen) atoms. The molecule has 10 nitrogen and oxygen atoms in total. The lowest BCUT2D eigenvalue weighted by Crippen LogP contribution is -2.30. The standard InChI is InChI=1S/C25H21N3O7/c1-33-24(31)21-11-10-19(35-21)14-28-23(30)20(27-25(28)32)13-16-6-5-9-18(12-16)34-15-22(29)26-17-7-3-2-4-8-17/h2-13H,14-15H2,1H3,(H,26,29)(H,27,32). The normalized spacial score (nSPS) is 14.1. The molecule has 0 saturated carbocycles. The van der Waals surface area contributed by atoms with Gasteiger partial charge in [-0.25, -0.2) is 9.59 Å². The molecule has 2 aromatic carbocycles. The van der Waals surface area contributed by atoms with Gasteiger partial charge in [-0.2, -0.15) is 0 Å². The van der Waals surface area contributed by atoms with Crippen LogP contribution in [0, 0.1) is 0 Å². The van der Waals surface area contributed by atoms with Crippen LogP contribution in [0.15, 0.2) is 76.8 Å². The zero-order valence-corrected chi connectivity index (χ0v) is 18.6. The van der Waals surface area contributed by atoms with E-state index in [9.17, 15) is 19.2 Å². The van der Waals surface area contributed by atoms with Crippen LogP contribution in [0.25, 0.3) is 6.08 Å². The molecular formula is C25H21N3O7. The predicted molar refractivity (Wildman–Crippen MR) is 124 cm³/mol. The van der Waals surface area contributed by atoms with Crippen LogP contribution in [0.5, 0.6) is 5.75 Å². The van der Waals surface area contributed by atoms with Crippen molar-refractivity contribution >= 4 is 35.6 Å². The number of nitrogens with zero attached hydrogens (tertiary/aromatic N) is 1. The van der Waals surface area contributed by atoms with Crippen molar-refractivity contribution < 1.29 is 33.1 Å². The summed E-state index contributed by atoms with van der Waals surface area (Å²) in [4.78, 5) is 49.7. The van der Waals surface area contributed by atoms with E-state index < -0.39 is 17.9 Å². The molecule has 0 spiro atoms. The molecule has 1 aliphatic rings. The van der Waals surface area contributed by atoms with Gasteiger partial charge in [0.05, 0.1) is 13.7 Å². The molecule has 1 saturated heterocycles. The van der Waals surface area contributed by atoms with E-state index >= 15 is 0 Å². The van der Waals surface area contributed by atoms with Gasteiger partial charge < -0.3 is 24.5 Å². The highest BCUT2D eigenvalue weighted by Crippen LogP contribution is 2.21. The highest BCUT2D eigenvalue weighted by Gasteiger charge is 2.34. The molecule has 0 atom stereocenters. The summed E-state index contributed by atoms with van der Waals surface area (Å²) >= 11 is 0. The maximum Gasteiger partial charge on any atom is 0.373 e. The Morgan fingerprint density at radius 3 is 2.63 bits per heavy atom. The monoisotopic (exact) mass is 475 g/mol. The summed E-state index contributed by atoms with van der Waals surface area (Å²) in [6.45, 7) is -0.353. The largest absolute Gasteiger partial charge is 0.484 e. The number of amides is 4. The van der Waals surface area contributed by atoms with Gasteiger partial charge in [-0.05, 0) is 48.0 Å². The number of nitrogens with one attached hydrogen (secondary N) is 2. The van der Waals surface area contributed by atoms with Crippen molar-refractivity contribution in [2.45, 2.75) is 6.54 Å². The minimum atomic E-state index is -0.659. The van der Waals surface area contributed by atoms with Crippen molar-refractivity contribution in [1.82, 2.24) is 10.2 Å². The third-order valence-corrected chi connectivity index (χ3v) is 4.92. The van der Waals surface area contributed by atoms with Crippen LogP contribution in [0.2, 0.25) is 0 Å². The number of imide groups is 1. The van der Waals surface area contributed by atoms with E-state index in [2.05, 4.69) is 15.4 Å². The molecule has 2 heterocycles. The van der Waals surface area contributed by atoms with Crippen molar-refractivity contribution in [1.29, 1.82) is 0 Å². The average molecular weight is 475 g/mol. The average Bonchev–Trinajstić information content (AvgIpc) is 3.43. The van der Waals surface area contributed by atoms with Crippen LogP contribution in [-0.2, 0) is 20.9 Å². The Kier molecular flexibility index (Phi) is 6.91. The topological polar surface area (TPSA) is 127 Å². The summed E-state index contributed by atoms with van der Waals surface area (Å²) in [5.74, 6) is -0.892. The van der Waals surface area contributed by atoms with Gasteiger partial charge >= 0.3 is 12.0 Å². The Labute approximate surface area is 200 Å². The van der Waals surface area contributed by atoms with E-state index in [1.54, 1.807) is 36.4 Å². The summed E-state index contributed by atoms with van der Waals surface area (Å²) in [6.07, 6.45) is 1.50. The zero-order valence-electron chi connectivity index (χ0n) is 18.6. The summed E-state index contributed by atoms with van der Waals surface area (Å²) < 4.78 is 15.5. The fraction of sp³-hybridized carbons (Fsp3) is 0.120. The van der Waals surface area contributed by atoms with E-state index in [4.69, 9.17) is 9.15 Å². The number of esters is 1. The van der Waals surface area contributed by atoms with Crippen LogP contribution in [0.4, 0.5) is 10.5 Å². The lowest BCUT2D eigenvalue weighted by molar-refractivity contribution is -0.123. The second-order valence-corrected chi connectivity index (χ2v) is 7.41. The van der Waals surface area contributed by atoms with Crippen molar-refractivity contribution in [3.05, 3.63) is 89.5 Å². The van der Waals surface area contributed by atoms with Gasteiger partial charge in [0.15, 0.2) is 6.61 Å². The fourth-order valence-corrected chi connectivity index (χ4v) is 3.27. The molecule has 0 radical (unpaired) electrons. The molecule has 178 valence electrons. The first-order valence-electron chi connectivity index (χ1n) is 10.5. The SMILES string of the molecule is COC(=O)c1ccc(CN2C(=O)NC(=Cc3cccc(OCC(=O)Nc4ccccc4)c3)C2=O)o1. The Bertz CT molecular complexity index is 1300. The molecule has 2 N–H and O–H groups in total. The maximum absolute atomic E-state index is 12.8. The molecule has 10 heteroatoms. The summed E-state index contributed by atoms with van der Waals surface area (Å²) in [7, 11) is 1.22. The van der Waals surface area contributed by atoms with Gasteiger partial charge in [-0.1, -0.05) is 30.3 Å². The first kappa shape index (κ1) is 23.3. The number of carbonyl (C=O) groups is 4. The molecule has 0 bridgehead atoms. The summed E-state index contributed by atoms with van der Waals surface area (Å²) in [5, 5.41) is 5.25. The van der Waals surface area contributed by atoms with Crippen molar-refractivity contribution in [2.24, 2.45) is 0 Å². The highest BCUT2D eigenvalue weighted by atomic mass is 16.5.